The molecule has 5 nitrogen and oxygen atoms in total. The van der Waals surface area contributed by atoms with Crippen LogP contribution in [-0.2, 0) is 22.0 Å². The maximum absolute atomic E-state index is 13.3. The van der Waals surface area contributed by atoms with Crippen LogP contribution in [0.15, 0.2) is 76.4 Å². The first-order chi connectivity index (χ1) is 18.3. The van der Waals surface area contributed by atoms with Crippen LogP contribution in [0.2, 0.25) is 5.02 Å². The molecule has 8 heteroatoms. The fraction of sp³-hybridized carbons (Fsp3) is 0.367. The fourth-order valence-corrected chi connectivity index (χ4v) is 10.0. The van der Waals surface area contributed by atoms with E-state index in [1.54, 1.807) is 28.8 Å². The Labute approximate surface area is 231 Å². The van der Waals surface area contributed by atoms with Gasteiger partial charge in [-0.05, 0) is 109 Å². The number of hydrogen-bond acceptors (Lipinski definition) is 4. The predicted molar refractivity (Wildman–Crippen MR) is 154 cm³/mol. The summed E-state index contributed by atoms with van der Waals surface area (Å²) >= 11 is 7.34. The number of sulfonamides is 1. The summed E-state index contributed by atoms with van der Waals surface area (Å²) in [5.74, 6) is 2.60. The molecule has 1 aromatic heterocycles. The number of aromatic nitrogens is 1. The highest BCUT2D eigenvalue weighted by atomic mass is 35.5. The topological polar surface area (TPSA) is 68.2 Å². The van der Waals surface area contributed by atoms with Gasteiger partial charge in [-0.3, -0.25) is 14.1 Å². The minimum absolute atomic E-state index is 0.140. The molecular weight excluding hydrogens is 536 g/mol. The van der Waals surface area contributed by atoms with Crippen molar-refractivity contribution in [1.82, 2.24) is 4.57 Å². The quantitative estimate of drug-likeness (QED) is 0.273. The molecule has 1 N–H and O–H groups in total. The van der Waals surface area contributed by atoms with Crippen molar-refractivity contribution in [3.63, 3.8) is 0 Å². The average molecular weight is 565 g/mol. The van der Waals surface area contributed by atoms with Crippen LogP contribution in [0.1, 0.15) is 49.7 Å². The first-order valence-electron chi connectivity index (χ1n) is 13.3. The summed E-state index contributed by atoms with van der Waals surface area (Å²) in [6, 6.07) is 20.3. The van der Waals surface area contributed by atoms with E-state index in [0.717, 1.165) is 34.7 Å². The zero-order valence-electron chi connectivity index (χ0n) is 20.9. The molecule has 0 amide bonds. The summed E-state index contributed by atoms with van der Waals surface area (Å²) in [4.78, 5) is 12.7. The molecule has 8 rings (SSSR count). The summed E-state index contributed by atoms with van der Waals surface area (Å²) in [5.41, 5.74) is 3.74. The third-order valence-corrected chi connectivity index (χ3v) is 11.7. The number of thiazole rings is 1. The molecule has 0 spiro atoms. The highest BCUT2D eigenvalue weighted by Gasteiger charge is 2.51. The van der Waals surface area contributed by atoms with Crippen LogP contribution < -0.4 is 9.60 Å². The Kier molecular flexibility index (Phi) is 5.77. The second-order valence-corrected chi connectivity index (χ2v) is 14.6. The average Bonchev–Trinajstić information content (AvgIpc) is 3.19. The van der Waals surface area contributed by atoms with E-state index in [1.165, 1.54) is 44.1 Å². The van der Waals surface area contributed by atoms with Crippen molar-refractivity contribution >= 4 is 48.9 Å². The molecule has 4 aliphatic carbocycles. The number of nitrogens with one attached hydrogen (secondary N) is 1. The summed E-state index contributed by atoms with van der Waals surface area (Å²) in [6.07, 6.45) is 8.05. The van der Waals surface area contributed by atoms with Gasteiger partial charge in [0.25, 0.3) is 10.0 Å². The summed E-state index contributed by atoms with van der Waals surface area (Å²) in [5, 5.41) is 0.594. The zero-order valence-corrected chi connectivity index (χ0v) is 23.3. The monoisotopic (exact) mass is 564 g/mol. The largest absolute Gasteiger partial charge is 0.308 e. The van der Waals surface area contributed by atoms with Crippen LogP contribution in [0.4, 0.5) is 5.69 Å². The van der Waals surface area contributed by atoms with Crippen LogP contribution in [-0.4, -0.2) is 13.0 Å². The van der Waals surface area contributed by atoms with Crippen LogP contribution in [0, 0.1) is 17.8 Å². The molecular formula is C30H29ClN2O3S2. The molecule has 0 aliphatic heterocycles. The Bertz CT molecular complexity index is 1670. The molecule has 1 heterocycles. The maximum atomic E-state index is 13.3. The second kappa shape index (κ2) is 8.97. The Morgan fingerprint density at radius 3 is 2.24 bits per heavy atom. The molecule has 196 valence electrons. The Morgan fingerprint density at radius 2 is 1.58 bits per heavy atom. The van der Waals surface area contributed by atoms with E-state index in [9.17, 15) is 13.2 Å². The lowest BCUT2D eigenvalue weighted by molar-refractivity contribution is -0.00518. The van der Waals surface area contributed by atoms with E-state index in [0.29, 0.717) is 27.5 Å². The Balaban J connectivity index is 1.13. The van der Waals surface area contributed by atoms with Crippen molar-refractivity contribution in [2.45, 2.75) is 55.4 Å². The van der Waals surface area contributed by atoms with Gasteiger partial charge in [-0.2, -0.15) is 0 Å². The summed E-state index contributed by atoms with van der Waals surface area (Å²) < 4.78 is 31.5. The normalized spacial score (nSPS) is 26.2. The van der Waals surface area contributed by atoms with Gasteiger partial charge in [0.15, 0.2) is 0 Å². The van der Waals surface area contributed by atoms with Crippen molar-refractivity contribution in [2.24, 2.45) is 17.8 Å². The highest BCUT2D eigenvalue weighted by molar-refractivity contribution is 7.92. The molecule has 4 aromatic rings. The van der Waals surface area contributed by atoms with Crippen molar-refractivity contribution in [3.8, 4) is 0 Å². The first kappa shape index (κ1) is 24.4. The third-order valence-electron chi connectivity index (χ3n) is 9.02. The molecule has 0 radical (unpaired) electrons. The lowest BCUT2D eigenvalue weighted by Gasteiger charge is -2.57. The lowest BCUT2D eigenvalue weighted by atomic mass is 9.48. The fourth-order valence-electron chi connectivity index (χ4n) is 7.73. The number of fused-ring (bicyclic) bond motifs is 1. The molecule has 0 atom stereocenters. The highest BCUT2D eigenvalue weighted by Crippen LogP contribution is 2.60. The second-order valence-electron chi connectivity index (χ2n) is 11.6. The van der Waals surface area contributed by atoms with Gasteiger partial charge in [0.05, 0.1) is 21.7 Å². The van der Waals surface area contributed by atoms with E-state index in [-0.39, 0.29) is 15.2 Å². The molecule has 0 saturated heterocycles. The van der Waals surface area contributed by atoms with E-state index >= 15 is 0 Å². The van der Waals surface area contributed by atoms with E-state index in [2.05, 4.69) is 16.9 Å². The first-order valence-corrected chi connectivity index (χ1v) is 16.0. The van der Waals surface area contributed by atoms with E-state index in [1.807, 2.05) is 30.3 Å². The molecule has 4 aliphatic rings. The molecule has 0 unspecified atom stereocenters. The third kappa shape index (κ3) is 4.19. The minimum atomic E-state index is -3.81. The van der Waals surface area contributed by atoms with Crippen LogP contribution >= 0.6 is 22.9 Å². The molecule has 3 aromatic carbocycles. The van der Waals surface area contributed by atoms with Crippen molar-refractivity contribution in [2.75, 3.05) is 4.72 Å². The van der Waals surface area contributed by atoms with Crippen molar-refractivity contribution in [3.05, 3.63) is 92.5 Å². The Morgan fingerprint density at radius 1 is 0.921 bits per heavy atom. The van der Waals surface area contributed by atoms with Gasteiger partial charge in [0.2, 0.25) is 0 Å². The van der Waals surface area contributed by atoms with E-state index < -0.39 is 10.0 Å². The molecule has 4 bridgehead atoms. The van der Waals surface area contributed by atoms with Crippen molar-refractivity contribution < 1.29 is 8.42 Å². The SMILES string of the molecule is O=c1sc2cc(S(=O)(=O)Nc3ccc(C45CC6CC(CC(C6)C4)C5)cc3)ccc2n1Cc1ccccc1Cl. The zero-order chi connectivity index (χ0) is 26.1. The Hall–Kier alpha value is -2.61. The van der Waals surface area contributed by atoms with Crippen molar-refractivity contribution in [1.29, 1.82) is 0 Å². The molecule has 38 heavy (non-hydrogen) atoms. The van der Waals surface area contributed by atoms with Gasteiger partial charge in [-0.15, -0.1) is 0 Å². The van der Waals surface area contributed by atoms with Gasteiger partial charge in [-0.1, -0.05) is 53.3 Å². The van der Waals surface area contributed by atoms with Gasteiger partial charge in [-0.25, -0.2) is 8.42 Å². The van der Waals surface area contributed by atoms with Gasteiger partial charge in [0, 0.05) is 10.7 Å². The molecule has 4 saturated carbocycles. The smallest absolute Gasteiger partial charge is 0.294 e. The summed E-state index contributed by atoms with van der Waals surface area (Å²) in [6.45, 7) is 0.332. The number of rotatable bonds is 6. The van der Waals surface area contributed by atoms with Gasteiger partial charge < -0.3 is 0 Å². The minimum Gasteiger partial charge on any atom is -0.294 e. The number of nitrogens with zero attached hydrogens (tertiary/aromatic N) is 1. The van der Waals surface area contributed by atoms with Crippen LogP contribution in [0.25, 0.3) is 10.2 Å². The predicted octanol–water partition coefficient (Wildman–Crippen LogP) is 7.03. The van der Waals surface area contributed by atoms with Crippen LogP contribution in [0.5, 0.6) is 0 Å². The summed E-state index contributed by atoms with van der Waals surface area (Å²) in [7, 11) is -3.81. The number of benzene rings is 3. The standard InChI is InChI=1S/C30H29ClN2O3S2/c31-26-4-2-1-3-22(26)18-33-27-10-9-25(14-28(27)37-29(33)34)38(35,36)32-24-7-5-23(6-8-24)30-15-19-11-20(16-30)13-21(12-19)17-30/h1-10,14,19-21,32H,11-13,15-18H2. The number of hydrogen-bond donors (Lipinski definition) is 1. The maximum Gasteiger partial charge on any atom is 0.308 e. The van der Waals surface area contributed by atoms with Gasteiger partial charge >= 0.3 is 4.87 Å². The number of anilines is 1. The molecule has 4 fully saturated rings. The lowest BCUT2D eigenvalue weighted by Crippen LogP contribution is -2.48. The number of halogens is 1. The van der Waals surface area contributed by atoms with E-state index in [4.69, 9.17) is 11.6 Å². The van der Waals surface area contributed by atoms with Gasteiger partial charge in [0.1, 0.15) is 0 Å². The van der Waals surface area contributed by atoms with Crippen LogP contribution in [0.3, 0.4) is 0 Å².